The maximum atomic E-state index is 11.7. The van der Waals surface area contributed by atoms with Crippen molar-refractivity contribution in [3.05, 3.63) is 22.6 Å². The number of thiazole rings is 1. The molecule has 5 nitrogen and oxygen atoms in total. The second-order valence-electron chi connectivity index (χ2n) is 7.40. The van der Waals surface area contributed by atoms with Gasteiger partial charge in [-0.05, 0) is 38.8 Å². The third-order valence-corrected chi connectivity index (χ3v) is 5.56. The van der Waals surface area contributed by atoms with Crippen molar-refractivity contribution in [1.82, 2.24) is 4.98 Å². The lowest BCUT2D eigenvalue weighted by atomic mass is 9.98. The zero-order valence-electron chi connectivity index (χ0n) is 16.8. The van der Waals surface area contributed by atoms with Gasteiger partial charge in [0, 0.05) is 28.8 Å². The average molecular weight is 389 g/mol. The van der Waals surface area contributed by atoms with Gasteiger partial charge in [-0.1, -0.05) is 20.8 Å². The Balaban J connectivity index is 2.03. The number of nitrogens with zero attached hydrogens (tertiary/aromatic N) is 1. The van der Waals surface area contributed by atoms with E-state index in [2.05, 4.69) is 39.1 Å². The lowest BCUT2D eigenvalue weighted by molar-refractivity contribution is -0.115. The van der Waals surface area contributed by atoms with E-state index in [0.717, 1.165) is 52.5 Å². The van der Waals surface area contributed by atoms with E-state index in [1.165, 1.54) is 11.3 Å². The van der Waals surface area contributed by atoms with Crippen LogP contribution in [-0.4, -0.2) is 23.1 Å². The van der Waals surface area contributed by atoms with Crippen LogP contribution in [0.2, 0.25) is 0 Å². The van der Waals surface area contributed by atoms with Crippen LogP contribution in [0.25, 0.3) is 11.3 Å². The molecule has 2 aromatic rings. The molecule has 0 bridgehead atoms. The molecule has 0 saturated carbocycles. The number of hydrogen-bond donors (Lipinski definition) is 1. The predicted molar refractivity (Wildman–Crippen MR) is 110 cm³/mol. The van der Waals surface area contributed by atoms with Gasteiger partial charge in [0.15, 0.2) is 16.6 Å². The molecule has 6 heteroatoms. The van der Waals surface area contributed by atoms with Gasteiger partial charge in [-0.25, -0.2) is 4.98 Å². The van der Waals surface area contributed by atoms with Crippen molar-refractivity contribution in [2.75, 3.05) is 11.9 Å². The third-order valence-electron chi connectivity index (χ3n) is 4.45. The minimum Gasteiger partial charge on any atom is -0.490 e. The number of ether oxygens (including phenoxy) is 2. The SMILES string of the molecule is CCCOc1cc(-c2nc(NC(=O)CC)sc2CC)cc2c1OC(C)(C)C2. The molecule has 27 heavy (non-hydrogen) atoms. The molecular formula is C21H28N2O3S. The summed E-state index contributed by atoms with van der Waals surface area (Å²) < 4.78 is 12.1. The van der Waals surface area contributed by atoms with Crippen molar-refractivity contribution in [3.63, 3.8) is 0 Å². The smallest absolute Gasteiger partial charge is 0.225 e. The number of aryl methyl sites for hydroxylation is 1. The standard InChI is InChI=1S/C21H28N2O3S/c1-6-9-25-15-11-13(10-14-12-21(4,5)26-19(14)15)18-16(7-2)27-20(23-18)22-17(24)8-3/h10-11H,6-9,12H2,1-5H3,(H,22,23,24). The summed E-state index contributed by atoms with van der Waals surface area (Å²) >= 11 is 1.54. The molecule has 0 spiro atoms. The molecule has 0 unspecified atom stereocenters. The minimum atomic E-state index is -0.235. The first-order valence-electron chi connectivity index (χ1n) is 9.65. The van der Waals surface area contributed by atoms with Gasteiger partial charge in [-0.15, -0.1) is 11.3 Å². The van der Waals surface area contributed by atoms with Crippen molar-refractivity contribution < 1.29 is 14.3 Å². The number of nitrogens with one attached hydrogen (secondary N) is 1. The molecule has 1 amide bonds. The van der Waals surface area contributed by atoms with E-state index in [0.29, 0.717) is 18.2 Å². The van der Waals surface area contributed by atoms with Crippen LogP contribution in [0, 0.1) is 0 Å². The highest BCUT2D eigenvalue weighted by Crippen LogP contribution is 2.45. The molecule has 1 aliphatic rings. The normalized spacial score (nSPS) is 14.6. The van der Waals surface area contributed by atoms with Gasteiger partial charge in [0.1, 0.15) is 5.60 Å². The molecule has 1 aromatic heterocycles. The van der Waals surface area contributed by atoms with Crippen LogP contribution in [-0.2, 0) is 17.6 Å². The van der Waals surface area contributed by atoms with Gasteiger partial charge >= 0.3 is 0 Å². The van der Waals surface area contributed by atoms with E-state index in [9.17, 15) is 4.79 Å². The number of carbonyl (C=O) groups excluding carboxylic acids is 1. The lowest BCUT2D eigenvalue weighted by Crippen LogP contribution is -2.24. The van der Waals surface area contributed by atoms with Crippen molar-refractivity contribution in [3.8, 4) is 22.8 Å². The Morgan fingerprint density at radius 3 is 2.78 bits per heavy atom. The molecular weight excluding hydrogens is 360 g/mol. The van der Waals surface area contributed by atoms with Gasteiger partial charge in [0.2, 0.25) is 5.91 Å². The van der Waals surface area contributed by atoms with Crippen molar-refractivity contribution in [2.45, 2.75) is 65.9 Å². The Morgan fingerprint density at radius 2 is 2.11 bits per heavy atom. The number of hydrogen-bond acceptors (Lipinski definition) is 5. The number of amides is 1. The summed E-state index contributed by atoms with van der Waals surface area (Å²) in [6.45, 7) is 10.9. The van der Waals surface area contributed by atoms with E-state index < -0.39 is 0 Å². The van der Waals surface area contributed by atoms with Crippen molar-refractivity contribution in [1.29, 1.82) is 0 Å². The van der Waals surface area contributed by atoms with Gasteiger partial charge in [0.05, 0.1) is 12.3 Å². The Morgan fingerprint density at radius 1 is 1.33 bits per heavy atom. The Bertz CT molecular complexity index is 842. The molecule has 0 fully saturated rings. The molecule has 0 saturated heterocycles. The Kier molecular flexibility index (Phi) is 5.75. The monoisotopic (exact) mass is 388 g/mol. The van der Waals surface area contributed by atoms with Crippen LogP contribution in [0.15, 0.2) is 12.1 Å². The fourth-order valence-corrected chi connectivity index (χ4v) is 4.15. The third kappa shape index (κ3) is 4.26. The van der Waals surface area contributed by atoms with Crippen LogP contribution in [0.3, 0.4) is 0 Å². The van der Waals surface area contributed by atoms with Gasteiger partial charge in [-0.3, -0.25) is 4.79 Å². The highest BCUT2D eigenvalue weighted by Gasteiger charge is 2.33. The number of anilines is 1. The number of fused-ring (bicyclic) bond motifs is 1. The van der Waals surface area contributed by atoms with Crippen LogP contribution in [0.4, 0.5) is 5.13 Å². The highest BCUT2D eigenvalue weighted by molar-refractivity contribution is 7.16. The van der Waals surface area contributed by atoms with E-state index in [1.807, 2.05) is 13.0 Å². The number of rotatable bonds is 7. The predicted octanol–water partition coefficient (Wildman–Crippen LogP) is 5.22. The quantitative estimate of drug-likeness (QED) is 0.706. The zero-order chi connectivity index (χ0) is 19.6. The topological polar surface area (TPSA) is 60.5 Å². The molecule has 0 radical (unpaired) electrons. The summed E-state index contributed by atoms with van der Waals surface area (Å²) in [7, 11) is 0. The van der Waals surface area contributed by atoms with Gasteiger partial charge in [0.25, 0.3) is 0 Å². The second kappa shape index (κ2) is 7.89. The van der Waals surface area contributed by atoms with E-state index in [-0.39, 0.29) is 11.5 Å². The fraction of sp³-hybridized carbons (Fsp3) is 0.524. The number of aromatic nitrogens is 1. The summed E-state index contributed by atoms with van der Waals surface area (Å²) in [6.07, 6.45) is 3.08. The molecule has 0 aliphatic carbocycles. The van der Waals surface area contributed by atoms with Crippen molar-refractivity contribution >= 4 is 22.4 Å². The molecule has 3 rings (SSSR count). The van der Waals surface area contributed by atoms with Crippen LogP contribution >= 0.6 is 11.3 Å². The molecule has 1 N–H and O–H groups in total. The molecule has 146 valence electrons. The highest BCUT2D eigenvalue weighted by atomic mass is 32.1. The zero-order valence-corrected chi connectivity index (χ0v) is 17.6. The first kappa shape index (κ1) is 19.7. The number of benzene rings is 1. The average Bonchev–Trinajstić information content (AvgIpc) is 3.17. The first-order chi connectivity index (χ1) is 12.9. The number of carbonyl (C=O) groups is 1. The largest absolute Gasteiger partial charge is 0.490 e. The van der Waals surface area contributed by atoms with Crippen molar-refractivity contribution in [2.24, 2.45) is 0 Å². The summed E-state index contributed by atoms with van der Waals surface area (Å²) in [5.41, 5.74) is 2.85. The Labute approximate surface area is 165 Å². The van der Waals surface area contributed by atoms with Gasteiger partial charge in [-0.2, -0.15) is 0 Å². The second-order valence-corrected chi connectivity index (χ2v) is 8.48. The fourth-order valence-electron chi connectivity index (χ4n) is 3.21. The summed E-state index contributed by atoms with van der Waals surface area (Å²) in [6, 6.07) is 4.18. The van der Waals surface area contributed by atoms with E-state index in [4.69, 9.17) is 14.5 Å². The summed E-state index contributed by atoms with van der Waals surface area (Å²) in [5.74, 6) is 1.61. The van der Waals surface area contributed by atoms with Crippen LogP contribution in [0.5, 0.6) is 11.5 Å². The molecule has 1 aromatic carbocycles. The molecule has 1 aliphatic heterocycles. The van der Waals surface area contributed by atoms with Gasteiger partial charge < -0.3 is 14.8 Å². The minimum absolute atomic E-state index is 0.0194. The summed E-state index contributed by atoms with van der Waals surface area (Å²) in [4.78, 5) is 17.6. The lowest BCUT2D eigenvalue weighted by Gasteiger charge is -2.18. The van der Waals surface area contributed by atoms with E-state index >= 15 is 0 Å². The Hall–Kier alpha value is -2.08. The van der Waals surface area contributed by atoms with Crippen LogP contribution < -0.4 is 14.8 Å². The maximum absolute atomic E-state index is 11.7. The molecule has 0 atom stereocenters. The van der Waals surface area contributed by atoms with Crippen LogP contribution in [0.1, 0.15) is 57.9 Å². The summed E-state index contributed by atoms with van der Waals surface area (Å²) in [5, 5.41) is 3.54. The first-order valence-corrected chi connectivity index (χ1v) is 10.5. The molecule has 2 heterocycles. The van der Waals surface area contributed by atoms with E-state index in [1.54, 1.807) is 0 Å². The maximum Gasteiger partial charge on any atom is 0.225 e.